The molecular formula is C9H12BFO. The monoisotopic (exact) mass is 166 g/mol. The summed E-state index contributed by atoms with van der Waals surface area (Å²) in [7, 11) is 5.51. The average Bonchev–Trinajstić information content (AvgIpc) is 2.30. The van der Waals surface area contributed by atoms with Crippen LogP contribution in [0.3, 0.4) is 0 Å². The lowest BCUT2D eigenvalue weighted by atomic mass is 9.80. The molecule has 1 fully saturated rings. The Labute approximate surface area is 73.4 Å². The molecule has 1 N–H and O–H groups in total. The van der Waals surface area contributed by atoms with Gasteiger partial charge in [0.1, 0.15) is 0 Å². The van der Waals surface area contributed by atoms with Crippen LogP contribution >= 0.6 is 0 Å². The van der Waals surface area contributed by atoms with Gasteiger partial charge >= 0.3 is 0 Å². The number of aliphatic hydroxyl groups is 1. The molecule has 0 bridgehead atoms. The summed E-state index contributed by atoms with van der Waals surface area (Å²) in [4.78, 5) is 0. The molecule has 0 heterocycles. The highest BCUT2D eigenvalue weighted by Gasteiger charge is 2.41. The first kappa shape index (κ1) is 9.56. The maximum Gasteiger partial charge on any atom is 0.0961 e. The van der Waals surface area contributed by atoms with Gasteiger partial charge < -0.3 is 5.11 Å². The quantitative estimate of drug-likeness (QED) is 0.485. The molecule has 12 heavy (non-hydrogen) atoms. The van der Waals surface area contributed by atoms with E-state index in [-0.39, 0.29) is 13.0 Å². The van der Waals surface area contributed by atoms with Crippen molar-refractivity contribution in [3.05, 3.63) is 18.4 Å². The van der Waals surface area contributed by atoms with E-state index in [4.69, 9.17) is 13.0 Å². The van der Waals surface area contributed by atoms with E-state index in [9.17, 15) is 4.39 Å². The number of rotatable bonds is 2. The second-order valence-electron chi connectivity index (χ2n) is 3.46. The first-order chi connectivity index (χ1) is 5.63. The van der Waals surface area contributed by atoms with Gasteiger partial charge in [0.15, 0.2) is 0 Å². The van der Waals surface area contributed by atoms with E-state index in [0.717, 1.165) is 0 Å². The Morgan fingerprint density at radius 3 is 2.75 bits per heavy atom. The zero-order valence-corrected chi connectivity index (χ0v) is 6.96. The Bertz CT molecular complexity index is 201. The molecular weight excluding hydrogens is 154 g/mol. The van der Waals surface area contributed by atoms with E-state index in [1.54, 1.807) is 6.08 Å². The van der Waals surface area contributed by atoms with Crippen LogP contribution in [0.1, 0.15) is 12.8 Å². The fourth-order valence-electron chi connectivity index (χ4n) is 1.73. The second-order valence-corrected chi connectivity index (χ2v) is 3.46. The molecule has 1 saturated carbocycles. The highest BCUT2D eigenvalue weighted by atomic mass is 19.1. The van der Waals surface area contributed by atoms with Gasteiger partial charge in [-0.3, -0.25) is 0 Å². The molecule has 0 aliphatic heterocycles. The van der Waals surface area contributed by atoms with Gasteiger partial charge in [0.25, 0.3) is 0 Å². The molecule has 3 heteroatoms. The Morgan fingerprint density at radius 1 is 1.75 bits per heavy atom. The van der Waals surface area contributed by atoms with Crippen LogP contribution in [0.5, 0.6) is 0 Å². The molecule has 1 aliphatic rings. The van der Waals surface area contributed by atoms with E-state index in [0.29, 0.717) is 6.42 Å². The molecule has 1 aliphatic carbocycles. The van der Waals surface area contributed by atoms with E-state index in [2.05, 4.69) is 12.3 Å². The summed E-state index contributed by atoms with van der Waals surface area (Å²) >= 11 is 0. The molecule has 2 radical (unpaired) electrons. The van der Waals surface area contributed by atoms with Gasteiger partial charge in [-0.15, -0.1) is 5.73 Å². The van der Waals surface area contributed by atoms with Crippen molar-refractivity contribution in [2.24, 2.45) is 5.41 Å². The van der Waals surface area contributed by atoms with E-state index >= 15 is 0 Å². The van der Waals surface area contributed by atoms with Crippen molar-refractivity contribution < 1.29 is 9.50 Å². The maximum atomic E-state index is 13.0. The van der Waals surface area contributed by atoms with Gasteiger partial charge in [-0.2, -0.15) is 0 Å². The second kappa shape index (κ2) is 3.46. The van der Waals surface area contributed by atoms with Crippen LogP contribution in [0.4, 0.5) is 4.39 Å². The van der Waals surface area contributed by atoms with Crippen molar-refractivity contribution in [3.8, 4) is 0 Å². The fraction of sp³-hybridized carbons (Fsp3) is 0.667. The minimum Gasteiger partial charge on any atom is -0.395 e. The maximum absolute atomic E-state index is 13.0. The highest BCUT2D eigenvalue weighted by molar-refractivity contribution is 6.12. The highest BCUT2D eigenvalue weighted by Crippen LogP contribution is 2.45. The van der Waals surface area contributed by atoms with Crippen molar-refractivity contribution in [2.75, 3.05) is 6.61 Å². The van der Waals surface area contributed by atoms with Crippen LogP contribution < -0.4 is 0 Å². The van der Waals surface area contributed by atoms with Crippen molar-refractivity contribution >= 4 is 7.85 Å². The molecule has 0 spiro atoms. The first-order valence-corrected chi connectivity index (χ1v) is 4.01. The number of hydrogen-bond donors (Lipinski definition) is 1. The fourth-order valence-corrected chi connectivity index (χ4v) is 1.73. The molecule has 1 nitrogen and oxygen atoms in total. The largest absolute Gasteiger partial charge is 0.395 e. The number of hydrogen-bond acceptors (Lipinski definition) is 1. The smallest absolute Gasteiger partial charge is 0.0961 e. The van der Waals surface area contributed by atoms with Crippen molar-refractivity contribution in [3.63, 3.8) is 0 Å². The molecule has 3 atom stereocenters. The summed E-state index contributed by atoms with van der Waals surface area (Å²) in [6.07, 6.45) is 1.38. The Hall–Kier alpha value is -0.525. The van der Waals surface area contributed by atoms with Crippen molar-refractivity contribution in [1.29, 1.82) is 0 Å². The van der Waals surface area contributed by atoms with Gasteiger partial charge in [0, 0.05) is 5.41 Å². The van der Waals surface area contributed by atoms with Gasteiger partial charge in [0.05, 0.1) is 20.6 Å². The van der Waals surface area contributed by atoms with Crippen LogP contribution in [0.25, 0.3) is 0 Å². The van der Waals surface area contributed by atoms with Crippen molar-refractivity contribution in [1.82, 2.24) is 0 Å². The van der Waals surface area contributed by atoms with Crippen LogP contribution in [0.15, 0.2) is 18.4 Å². The summed E-state index contributed by atoms with van der Waals surface area (Å²) in [5.74, 6) is -0.457. The molecule has 0 amide bonds. The van der Waals surface area contributed by atoms with E-state index < -0.39 is 17.4 Å². The zero-order valence-electron chi connectivity index (χ0n) is 6.96. The molecule has 64 valence electrons. The lowest BCUT2D eigenvalue weighted by molar-refractivity contribution is 0.164. The third-order valence-electron chi connectivity index (χ3n) is 2.43. The van der Waals surface area contributed by atoms with E-state index in [1.807, 2.05) is 0 Å². The molecule has 0 saturated heterocycles. The number of halogens is 1. The van der Waals surface area contributed by atoms with Crippen LogP contribution in [0.2, 0.25) is 5.82 Å². The third kappa shape index (κ3) is 1.62. The SMILES string of the molecule is [B][C@@H]1C[C@](C=C=C)(CO)CC1F. The van der Waals surface area contributed by atoms with Crippen molar-refractivity contribution in [2.45, 2.75) is 24.8 Å². The van der Waals surface area contributed by atoms with Gasteiger partial charge in [-0.1, -0.05) is 6.58 Å². The van der Waals surface area contributed by atoms with Gasteiger partial charge in [0.2, 0.25) is 0 Å². The normalized spacial score (nSPS) is 40.8. The third-order valence-corrected chi connectivity index (χ3v) is 2.43. The van der Waals surface area contributed by atoms with E-state index in [1.165, 1.54) is 0 Å². The summed E-state index contributed by atoms with van der Waals surface area (Å²) in [6, 6.07) is 0. The molecule has 0 aromatic rings. The predicted molar refractivity (Wildman–Crippen MR) is 46.9 cm³/mol. The predicted octanol–water partition coefficient (Wildman–Crippen LogP) is 1.40. The summed E-state index contributed by atoms with van der Waals surface area (Å²) in [5, 5.41) is 9.06. The number of alkyl halides is 1. The summed E-state index contributed by atoms with van der Waals surface area (Å²) < 4.78 is 13.0. The van der Waals surface area contributed by atoms with Crippen LogP contribution in [0, 0.1) is 5.41 Å². The Morgan fingerprint density at radius 2 is 2.42 bits per heavy atom. The van der Waals surface area contributed by atoms with Crippen LogP contribution in [-0.4, -0.2) is 25.7 Å². The molecule has 0 aromatic carbocycles. The first-order valence-electron chi connectivity index (χ1n) is 4.01. The molecule has 1 unspecified atom stereocenters. The Balaban J connectivity index is 2.78. The standard InChI is InChI=1S/C9H12BFO/c1-2-3-9(6-12)4-7(10)8(11)5-9/h3,7-8,12H,1,4-6H2/t7-,8?,9+/m1/s1. The minimum absolute atomic E-state index is 0.0797. The summed E-state index contributed by atoms with van der Waals surface area (Å²) in [6.45, 7) is 3.33. The summed E-state index contributed by atoms with van der Waals surface area (Å²) in [5.41, 5.74) is 2.07. The topological polar surface area (TPSA) is 20.2 Å². The van der Waals surface area contributed by atoms with Gasteiger partial charge in [-0.25, -0.2) is 4.39 Å². The molecule has 1 rings (SSSR count). The minimum atomic E-state index is -1.01. The zero-order chi connectivity index (χ0) is 9.19. The lowest BCUT2D eigenvalue weighted by Crippen LogP contribution is -2.18. The van der Waals surface area contributed by atoms with Crippen LogP contribution in [-0.2, 0) is 0 Å². The average molecular weight is 166 g/mol. The molecule has 0 aromatic heterocycles. The Kier molecular flexibility index (Phi) is 2.76. The number of aliphatic hydroxyl groups excluding tert-OH is 1. The lowest BCUT2D eigenvalue weighted by Gasteiger charge is -2.20. The van der Waals surface area contributed by atoms with Gasteiger partial charge in [-0.05, 0) is 24.7 Å².